The van der Waals surface area contributed by atoms with Crippen LogP contribution in [0.4, 0.5) is 5.82 Å². The maximum Gasteiger partial charge on any atom is 0.260 e. The van der Waals surface area contributed by atoms with Crippen molar-refractivity contribution in [3.05, 3.63) is 83.9 Å². The van der Waals surface area contributed by atoms with Crippen LogP contribution in [0.1, 0.15) is 41.6 Å². The lowest BCUT2D eigenvalue weighted by atomic mass is 10.1. The van der Waals surface area contributed by atoms with Crippen LogP contribution in [0.25, 0.3) is 16.9 Å². The summed E-state index contributed by atoms with van der Waals surface area (Å²) in [4.78, 5) is 22.3. The number of nitrogens with one attached hydrogen (secondary N) is 1. The number of amides is 1. The Labute approximate surface area is 187 Å². The van der Waals surface area contributed by atoms with Gasteiger partial charge in [-0.3, -0.25) is 4.79 Å². The SMILES string of the molecule is COc1ccc(-c2nn(-c3ccccc3)cc2C(=O)Nc2cc(C)nc(C(C)C)n2)cc1. The van der Waals surface area contributed by atoms with Gasteiger partial charge in [0.15, 0.2) is 0 Å². The van der Waals surface area contributed by atoms with Gasteiger partial charge in [-0.15, -0.1) is 0 Å². The molecule has 0 saturated heterocycles. The molecule has 2 heterocycles. The van der Waals surface area contributed by atoms with E-state index in [4.69, 9.17) is 9.84 Å². The fraction of sp³-hybridized carbons (Fsp3) is 0.200. The van der Waals surface area contributed by atoms with Crippen LogP contribution in [-0.2, 0) is 0 Å². The number of nitrogens with zero attached hydrogens (tertiary/aromatic N) is 4. The Morgan fingerprint density at radius 3 is 2.41 bits per heavy atom. The minimum Gasteiger partial charge on any atom is -0.497 e. The zero-order valence-corrected chi connectivity index (χ0v) is 18.5. The van der Waals surface area contributed by atoms with Gasteiger partial charge in [-0.25, -0.2) is 14.6 Å². The van der Waals surface area contributed by atoms with Crippen LogP contribution in [0, 0.1) is 6.92 Å². The summed E-state index contributed by atoms with van der Waals surface area (Å²) in [6, 6.07) is 18.9. The lowest BCUT2D eigenvalue weighted by molar-refractivity contribution is 0.102. The Kier molecular flexibility index (Phi) is 5.98. The van der Waals surface area contributed by atoms with Gasteiger partial charge in [-0.05, 0) is 43.3 Å². The number of rotatable bonds is 6. The molecule has 0 radical (unpaired) electrons. The van der Waals surface area contributed by atoms with E-state index in [1.54, 1.807) is 24.1 Å². The zero-order chi connectivity index (χ0) is 22.7. The largest absolute Gasteiger partial charge is 0.497 e. The second kappa shape index (κ2) is 9.01. The van der Waals surface area contributed by atoms with Gasteiger partial charge in [0, 0.05) is 29.4 Å². The van der Waals surface area contributed by atoms with Crippen molar-refractivity contribution in [3.8, 4) is 22.7 Å². The van der Waals surface area contributed by atoms with Crippen LogP contribution in [0.15, 0.2) is 66.9 Å². The van der Waals surface area contributed by atoms with Crippen LogP contribution in [0.2, 0.25) is 0 Å². The van der Waals surface area contributed by atoms with Crippen molar-refractivity contribution in [2.24, 2.45) is 0 Å². The quantitative estimate of drug-likeness (QED) is 0.467. The summed E-state index contributed by atoms with van der Waals surface area (Å²) >= 11 is 0. The van der Waals surface area contributed by atoms with Crippen molar-refractivity contribution in [1.29, 1.82) is 0 Å². The van der Waals surface area contributed by atoms with Crippen molar-refractivity contribution in [2.45, 2.75) is 26.7 Å². The number of carbonyl (C=O) groups excluding carboxylic acids is 1. The molecular formula is C25H25N5O2. The number of benzene rings is 2. The molecule has 0 bridgehead atoms. The third kappa shape index (κ3) is 4.51. The lowest BCUT2D eigenvalue weighted by Gasteiger charge is -2.09. The summed E-state index contributed by atoms with van der Waals surface area (Å²) in [7, 11) is 1.62. The van der Waals surface area contributed by atoms with Crippen molar-refractivity contribution < 1.29 is 9.53 Å². The smallest absolute Gasteiger partial charge is 0.260 e. The average Bonchev–Trinajstić information content (AvgIpc) is 3.25. The van der Waals surface area contributed by atoms with Gasteiger partial charge in [0.2, 0.25) is 0 Å². The van der Waals surface area contributed by atoms with Gasteiger partial charge in [-0.1, -0.05) is 32.0 Å². The van der Waals surface area contributed by atoms with Crippen LogP contribution in [0.3, 0.4) is 0 Å². The Hall–Kier alpha value is -4.00. The topological polar surface area (TPSA) is 81.9 Å². The molecule has 7 heteroatoms. The van der Waals surface area contributed by atoms with Crippen molar-refractivity contribution >= 4 is 11.7 Å². The summed E-state index contributed by atoms with van der Waals surface area (Å²) < 4.78 is 6.97. The average molecular weight is 428 g/mol. The highest BCUT2D eigenvalue weighted by atomic mass is 16.5. The molecule has 0 saturated carbocycles. The van der Waals surface area contributed by atoms with E-state index in [1.165, 1.54) is 0 Å². The molecule has 2 aromatic heterocycles. The summed E-state index contributed by atoms with van der Waals surface area (Å²) in [5.74, 6) is 1.77. The number of hydrogen-bond donors (Lipinski definition) is 1. The zero-order valence-electron chi connectivity index (χ0n) is 18.5. The van der Waals surface area contributed by atoms with Crippen molar-refractivity contribution in [3.63, 3.8) is 0 Å². The van der Waals surface area contributed by atoms with Crippen molar-refractivity contribution in [1.82, 2.24) is 19.7 Å². The molecule has 1 amide bonds. The Morgan fingerprint density at radius 1 is 1.03 bits per heavy atom. The van der Waals surface area contributed by atoms with Crippen molar-refractivity contribution in [2.75, 3.05) is 12.4 Å². The molecule has 1 N–H and O–H groups in total. The van der Waals surface area contributed by atoms with E-state index >= 15 is 0 Å². The molecule has 32 heavy (non-hydrogen) atoms. The molecule has 162 valence electrons. The third-order valence-corrected chi connectivity index (χ3v) is 4.97. The predicted molar refractivity (Wildman–Crippen MR) is 124 cm³/mol. The van der Waals surface area contributed by atoms with Gasteiger partial charge >= 0.3 is 0 Å². The second-order valence-electron chi connectivity index (χ2n) is 7.76. The van der Waals surface area contributed by atoms with E-state index in [-0.39, 0.29) is 11.8 Å². The summed E-state index contributed by atoms with van der Waals surface area (Å²) in [6.45, 7) is 5.93. The first kappa shape index (κ1) is 21.2. The molecule has 0 atom stereocenters. The summed E-state index contributed by atoms with van der Waals surface area (Å²) in [5.41, 5.74) is 3.49. The first-order chi connectivity index (χ1) is 15.4. The lowest BCUT2D eigenvalue weighted by Crippen LogP contribution is -2.15. The third-order valence-electron chi connectivity index (χ3n) is 4.97. The highest BCUT2D eigenvalue weighted by Gasteiger charge is 2.20. The number of anilines is 1. The van der Waals surface area contributed by atoms with Gasteiger partial charge in [-0.2, -0.15) is 5.10 Å². The number of para-hydroxylation sites is 1. The number of ether oxygens (including phenoxy) is 1. The van der Waals surface area contributed by atoms with Crippen LogP contribution >= 0.6 is 0 Å². The minimum absolute atomic E-state index is 0.154. The van der Waals surface area contributed by atoms with Crippen LogP contribution in [0.5, 0.6) is 5.75 Å². The Morgan fingerprint density at radius 2 is 1.75 bits per heavy atom. The number of aromatic nitrogens is 4. The molecule has 0 spiro atoms. The second-order valence-corrected chi connectivity index (χ2v) is 7.76. The minimum atomic E-state index is -0.286. The normalized spacial score (nSPS) is 10.9. The molecule has 4 rings (SSSR count). The number of aryl methyl sites for hydroxylation is 1. The fourth-order valence-corrected chi connectivity index (χ4v) is 3.31. The molecule has 4 aromatic rings. The van der Waals surface area contributed by atoms with E-state index in [1.807, 2.05) is 75.4 Å². The maximum absolute atomic E-state index is 13.3. The van der Waals surface area contributed by atoms with E-state index < -0.39 is 0 Å². The highest BCUT2D eigenvalue weighted by molar-refractivity contribution is 6.07. The molecular weight excluding hydrogens is 402 g/mol. The maximum atomic E-state index is 13.3. The number of methoxy groups -OCH3 is 1. The predicted octanol–water partition coefficient (Wildman–Crippen LogP) is 5.02. The van der Waals surface area contributed by atoms with E-state index in [0.717, 1.165) is 22.7 Å². The first-order valence-electron chi connectivity index (χ1n) is 10.4. The van der Waals surface area contributed by atoms with E-state index in [2.05, 4.69) is 15.3 Å². The molecule has 0 unspecified atom stereocenters. The standard InChI is InChI=1S/C25H25N5O2/c1-16(2)24-26-17(3)14-22(27-24)28-25(31)21-15-30(19-8-6-5-7-9-19)29-23(21)18-10-12-20(32-4)13-11-18/h5-16H,1-4H3,(H,26,27,28,31). The van der Waals surface area contributed by atoms with E-state index in [9.17, 15) is 4.79 Å². The number of hydrogen-bond acceptors (Lipinski definition) is 5. The molecule has 7 nitrogen and oxygen atoms in total. The Balaban J connectivity index is 1.74. The monoisotopic (exact) mass is 427 g/mol. The summed E-state index contributed by atoms with van der Waals surface area (Å²) in [5, 5.41) is 7.64. The van der Waals surface area contributed by atoms with Gasteiger partial charge in [0.05, 0.1) is 18.4 Å². The molecule has 0 fully saturated rings. The highest BCUT2D eigenvalue weighted by Crippen LogP contribution is 2.26. The van der Waals surface area contributed by atoms with Crippen LogP contribution in [-0.4, -0.2) is 32.8 Å². The van der Waals surface area contributed by atoms with Crippen LogP contribution < -0.4 is 10.1 Å². The Bertz CT molecular complexity index is 1230. The molecule has 2 aromatic carbocycles. The van der Waals surface area contributed by atoms with E-state index in [0.29, 0.717) is 22.9 Å². The first-order valence-corrected chi connectivity index (χ1v) is 10.4. The molecule has 0 aliphatic rings. The van der Waals surface area contributed by atoms with Gasteiger partial charge < -0.3 is 10.1 Å². The van der Waals surface area contributed by atoms with Gasteiger partial charge in [0.25, 0.3) is 5.91 Å². The fourth-order valence-electron chi connectivity index (χ4n) is 3.31. The number of carbonyl (C=O) groups is 1. The molecule has 0 aliphatic carbocycles. The molecule has 0 aliphatic heterocycles. The van der Waals surface area contributed by atoms with Gasteiger partial charge in [0.1, 0.15) is 23.1 Å². The summed E-state index contributed by atoms with van der Waals surface area (Å²) in [6.07, 6.45) is 1.74.